The first-order valence-electron chi connectivity index (χ1n) is 3.61. The van der Waals surface area contributed by atoms with Crippen LogP contribution in [0.25, 0.3) is 6.08 Å². The molecule has 0 aliphatic carbocycles. The largest absolute Gasteiger partial charge is 0.0985 e. The fraction of sp³-hybridized carbons (Fsp3) is 0.273. The maximum absolute atomic E-state index is 3.63. The van der Waals surface area contributed by atoms with Crippen LogP contribution in [-0.2, 0) is 0 Å². The van der Waals surface area contributed by atoms with Crippen LogP contribution in [0.3, 0.4) is 0 Å². The van der Waals surface area contributed by atoms with E-state index >= 15 is 0 Å². The highest BCUT2D eigenvalue weighted by molar-refractivity contribution is 5.45. The van der Waals surface area contributed by atoms with Crippen LogP contribution in [-0.4, -0.2) is 0 Å². The molecule has 0 unspecified atom stereocenters. The maximum atomic E-state index is 3.63. The van der Waals surface area contributed by atoms with E-state index in [4.69, 9.17) is 0 Å². The van der Waals surface area contributed by atoms with E-state index in [1.807, 2.05) is 50.3 Å². The Morgan fingerprint density at radius 3 is 1.82 bits per heavy atom. The van der Waals surface area contributed by atoms with Gasteiger partial charge in [0, 0.05) is 0 Å². The molecule has 0 aromatic heterocycles. The molecule has 0 atom stereocenters. The normalized spacial score (nSPS) is 6.73. The van der Waals surface area contributed by atoms with Gasteiger partial charge in [-0.1, -0.05) is 64.3 Å². The van der Waals surface area contributed by atoms with Gasteiger partial charge in [-0.3, -0.25) is 0 Å². The van der Waals surface area contributed by atoms with Crippen LogP contribution in [0.1, 0.15) is 26.8 Å². The van der Waals surface area contributed by atoms with E-state index < -0.39 is 0 Å². The second-order valence-corrected chi connectivity index (χ2v) is 1.61. The molecule has 0 saturated heterocycles. The summed E-state index contributed by atoms with van der Waals surface area (Å²) in [7, 11) is 0. The van der Waals surface area contributed by atoms with Gasteiger partial charge in [0.1, 0.15) is 0 Å². The van der Waals surface area contributed by atoms with Crippen LogP contribution in [0.4, 0.5) is 0 Å². The average Bonchev–Trinajstić information content (AvgIpc) is 2.10. The van der Waals surface area contributed by atoms with Gasteiger partial charge in [0.25, 0.3) is 0 Å². The minimum absolute atomic E-state index is 0. The molecule has 0 bridgehead atoms. The van der Waals surface area contributed by atoms with Crippen LogP contribution < -0.4 is 0 Å². The summed E-state index contributed by atoms with van der Waals surface area (Å²) in [6.45, 7) is 7.63. The monoisotopic (exact) mass is 150 g/mol. The first-order valence-corrected chi connectivity index (χ1v) is 3.61. The lowest BCUT2D eigenvalue weighted by atomic mass is 10.2. The Morgan fingerprint density at radius 2 is 1.55 bits per heavy atom. The summed E-state index contributed by atoms with van der Waals surface area (Å²) in [5.74, 6) is 0. The molecule has 62 valence electrons. The first-order chi connectivity index (χ1) is 4.93. The SMILES string of the molecule is C.C=Cc1ccccc1.CC. The molecule has 0 N–H and O–H groups in total. The van der Waals surface area contributed by atoms with Crippen molar-refractivity contribution in [3.63, 3.8) is 0 Å². The van der Waals surface area contributed by atoms with Crippen LogP contribution in [0.2, 0.25) is 0 Å². The second kappa shape index (κ2) is 8.96. The van der Waals surface area contributed by atoms with E-state index in [1.165, 1.54) is 5.56 Å². The van der Waals surface area contributed by atoms with E-state index in [-0.39, 0.29) is 7.43 Å². The highest BCUT2D eigenvalue weighted by Crippen LogP contribution is 1.97. The van der Waals surface area contributed by atoms with Crippen molar-refractivity contribution >= 4 is 6.08 Å². The highest BCUT2D eigenvalue weighted by atomic mass is 13.8. The summed E-state index contributed by atoms with van der Waals surface area (Å²) >= 11 is 0. The van der Waals surface area contributed by atoms with Gasteiger partial charge in [0.05, 0.1) is 0 Å². The summed E-state index contributed by atoms with van der Waals surface area (Å²) in [6, 6.07) is 10.0. The molecule has 0 radical (unpaired) electrons. The van der Waals surface area contributed by atoms with Crippen LogP contribution in [0.5, 0.6) is 0 Å². The van der Waals surface area contributed by atoms with Crippen molar-refractivity contribution in [1.82, 2.24) is 0 Å². The summed E-state index contributed by atoms with van der Waals surface area (Å²) in [6.07, 6.45) is 1.83. The van der Waals surface area contributed by atoms with Crippen LogP contribution in [0, 0.1) is 0 Å². The lowest BCUT2D eigenvalue weighted by Crippen LogP contribution is -1.63. The summed E-state index contributed by atoms with van der Waals surface area (Å²) in [5, 5.41) is 0. The van der Waals surface area contributed by atoms with Crippen molar-refractivity contribution < 1.29 is 0 Å². The Labute approximate surface area is 70.6 Å². The third kappa shape index (κ3) is 5.41. The molecule has 0 heterocycles. The molecule has 0 aliphatic rings. The van der Waals surface area contributed by atoms with Gasteiger partial charge in [-0.2, -0.15) is 0 Å². The lowest BCUT2D eigenvalue weighted by molar-refractivity contribution is 1.50. The van der Waals surface area contributed by atoms with Crippen molar-refractivity contribution in [3.8, 4) is 0 Å². The molecule has 0 heteroatoms. The lowest BCUT2D eigenvalue weighted by Gasteiger charge is -1.85. The topological polar surface area (TPSA) is 0 Å². The van der Waals surface area contributed by atoms with E-state index in [2.05, 4.69) is 6.58 Å². The van der Waals surface area contributed by atoms with Gasteiger partial charge in [-0.15, -0.1) is 0 Å². The fourth-order valence-corrected chi connectivity index (χ4v) is 0.589. The maximum Gasteiger partial charge on any atom is -0.0263 e. The van der Waals surface area contributed by atoms with Crippen LogP contribution >= 0.6 is 0 Å². The molecule has 0 nitrogen and oxygen atoms in total. The molecule has 1 aromatic carbocycles. The van der Waals surface area contributed by atoms with E-state index in [0.29, 0.717) is 0 Å². The van der Waals surface area contributed by atoms with Gasteiger partial charge in [0.2, 0.25) is 0 Å². The Kier molecular flexibility index (Phi) is 10.3. The third-order valence-electron chi connectivity index (χ3n) is 1.04. The quantitative estimate of drug-likeness (QED) is 0.567. The number of hydrogen-bond donors (Lipinski definition) is 0. The fourth-order valence-electron chi connectivity index (χ4n) is 0.589. The van der Waals surface area contributed by atoms with Gasteiger partial charge >= 0.3 is 0 Å². The van der Waals surface area contributed by atoms with Gasteiger partial charge in [-0.05, 0) is 5.56 Å². The zero-order valence-corrected chi connectivity index (χ0v) is 6.67. The zero-order chi connectivity index (χ0) is 7.82. The smallest absolute Gasteiger partial charge is 0.0263 e. The molecular weight excluding hydrogens is 132 g/mol. The Balaban J connectivity index is 0. The first kappa shape index (κ1) is 12.6. The summed E-state index contributed by atoms with van der Waals surface area (Å²) < 4.78 is 0. The van der Waals surface area contributed by atoms with Gasteiger partial charge < -0.3 is 0 Å². The average molecular weight is 150 g/mol. The number of benzene rings is 1. The van der Waals surface area contributed by atoms with Crippen LogP contribution in [0.15, 0.2) is 36.9 Å². The van der Waals surface area contributed by atoms with E-state index in [0.717, 1.165) is 0 Å². The van der Waals surface area contributed by atoms with E-state index in [1.54, 1.807) is 0 Å². The molecular formula is C11H18. The summed E-state index contributed by atoms with van der Waals surface area (Å²) in [4.78, 5) is 0. The molecule has 0 aliphatic heterocycles. The standard InChI is InChI=1S/C8H8.C2H6.CH4/c1-2-8-6-4-3-5-7-8;1-2;/h2-7H,1H2;1-2H3;1H4. The molecule has 1 rings (SSSR count). The highest BCUT2D eigenvalue weighted by Gasteiger charge is 1.75. The molecule has 1 aromatic rings. The second-order valence-electron chi connectivity index (χ2n) is 1.61. The van der Waals surface area contributed by atoms with E-state index in [9.17, 15) is 0 Å². The minimum Gasteiger partial charge on any atom is -0.0985 e. The predicted octanol–water partition coefficient (Wildman–Crippen LogP) is 3.99. The summed E-state index contributed by atoms with van der Waals surface area (Å²) in [5.41, 5.74) is 1.17. The Hall–Kier alpha value is -1.04. The van der Waals surface area contributed by atoms with Gasteiger partial charge in [-0.25, -0.2) is 0 Å². The van der Waals surface area contributed by atoms with Crippen molar-refractivity contribution in [1.29, 1.82) is 0 Å². The third-order valence-corrected chi connectivity index (χ3v) is 1.04. The molecule has 0 spiro atoms. The molecule has 0 saturated carbocycles. The molecule has 0 fully saturated rings. The predicted molar refractivity (Wildman–Crippen MR) is 54.6 cm³/mol. The minimum atomic E-state index is 0. The number of hydrogen-bond acceptors (Lipinski definition) is 0. The van der Waals surface area contributed by atoms with Crippen molar-refractivity contribution in [2.45, 2.75) is 21.3 Å². The van der Waals surface area contributed by atoms with Gasteiger partial charge in [0.15, 0.2) is 0 Å². The van der Waals surface area contributed by atoms with Crippen molar-refractivity contribution in [2.75, 3.05) is 0 Å². The zero-order valence-electron chi connectivity index (χ0n) is 6.67. The Morgan fingerprint density at radius 1 is 1.09 bits per heavy atom. The number of rotatable bonds is 1. The van der Waals surface area contributed by atoms with Crippen molar-refractivity contribution in [3.05, 3.63) is 42.5 Å². The van der Waals surface area contributed by atoms with Crippen molar-refractivity contribution in [2.24, 2.45) is 0 Å². The molecule has 0 amide bonds. The molecule has 11 heavy (non-hydrogen) atoms. The Bertz CT molecular complexity index is 163.